The summed E-state index contributed by atoms with van der Waals surface area (Å²) in [6.45, 7) is 0. The first-order valence-corrected chi connectivity index (χ1v) is 10.5. The summed E-state index contributed by atoms with van der Waals surface area (Å²) in [5.41, 5.74) is 1.80. The first kappa shape index (κ1) is 17.8. The minimum Gasteiger partial charge on any atom is -0.467 e. The number of aromatic nitrogens is 1. The Kier molecular flexibility index (Phi) is 4.22. The van der Waals surface area contributed by atoms with Crippen molar-refractivity contribution >= 4 is 22.8 Å². The SMILES string of the molecule is COC(=O)[C@@H](Cc1c[nH]c2ccccc12)NC(=O)C12CC3CC(CC(C3)C1)C2. The van der Waals surface area contributed by atoms with Crippen LogP contribution in [0.1, 0.15) is 44.1 Å². The zero-order valence-corrected chi connectivity index (χ0v) is 16.4. The fourth-order valence-corrected chi connectivity index (χ4v) is 6.56. The molecule has 4 aliphatic carbocycles. The summed E-state index contributed by atoms with van der Waals surface area (Å²) in [6.07, 6.45) is 9.22. The van der Waals surface area contributed by atoms with Crippen LogP contribution in [-0.4, -0.2) is 30.0 Å². The summed E-state index contributed by atoms with van der Waals surface area (Å²) < 4.78 is 5.03. The molecule has 1 aromatic heterocycles. The number of amides is 1. The van der Waals surface area contributed by atoms with Crippen LogP contribution in [0.3, 0.4) is 0 Å². The van der Waals surface area contributed by atoms with E-state index in [1.165, 1.54) is 26.4 Å². The van der Waals surface area contributed by atoms with E-state index in [2.05, 4.69) is 10.3 Å². The van der Waals surface area contributed by atoms with Gasteiger partial charge in [0.1, 0.15) is 6.04 Å². The van der Waals surface area contributed by atoms with Crippen LogP contribution in [0.25, 0.3) is 10.9 Å². The van der Waals surface area contributed by atoms with Crippen LogP contribution in [0.2, 0.25) is 0 Å². The molecule has 2 aromatic rings. The zero-order valence-electron chi connectivity index (χ0n) is 16.4. The molecule has 1 heterocycles. The topological polar surface area (TPSA) is 71.2 Å². The molecule has 0 unspecified atom stereocenters. The number of rotatable bonds is 5. The maximum atomic E-state index is 13.4. The number of ether oxygens (including phenoxy) is 1. The third-order valence-electron chi connectivity index (χ3n) is 7.41. The number of carbonyl (C=O) groups is 2. The van der Waals surface area contributed by atoms with E-state index in [1.54, 1.807) is 0 Å². The van der Waals surface area contributed by atoms with Crippen LogP contribution in [-0.2, 0) is 20.7 Å². The lowest BCUT2D eigenvalue weighted by Gasteiger charge is -2.55. The third kappa shape index (κ3) is 2.92. The molecular formula is C23H28N2O3. The summed E-state index contributed by atoms with van der Waals surface area (Å²) in [4.78, 5) is 29.1. The second-order valence-electron chi connectivity index (χ2n) is 9.31. The van der Waals surface area contributed by atoms with Crippen LogP contribution in [0, 0.1) is 23.2 Å². The monoisotopic (exact) mass is 380 g/mol. The number of hydrogen-bond donors (Lipinski definition) is 2. The second kappa shape index (κ2) is 6.64. The van der Waals surface area contributed by atoms with Crippen molar-refractivity contribution in [3.05, 3.63) is 36.0 Å². The quantitative estimate of drug-likeness (QED) is 0.779. The summed E-state index contributed by atoms with van der Waals surface area (Å²) in [5.74, 6) is 1.79. The Morgan fingerprint density at radius 3 is 2.43 bits per heavy atom. The number of carbonyl (C=O) groups excluding carboxylic acids is 2. The molecule has 5 nitrogen and oxygen atoms in total. The molecule has 0 saturated heterocycles. The van der Waals surface area contributed by atoms with Crippen molar-refractivity contribution in [2.75, 3.05) is 7.11 Å². The minimum absolute atomic E-state index is 0.0711. The standard InChI is InChI=1S/C23H28N2O3/c1-28-21(26)20(9-17-13-24-19-5-3-2-4-18(17)19)25-22(27)23-10-14-6-15(11-23)8-16(7-14)12-23/h2-5,13-16,20,24H,6-12H2,1H3,(H,25,27)/t14?,15?,16?,20-,23?/m1/s1. The van der Waals surface area contributed by atoms with Crippen molar-refractivity contribution in [3.8, 4) is 0 Å². The number of nitrogens with one attached hydrogen (secondary N) is 2. The molecule has 4 bridgehead atoms. The molecule has 1 aromatic carbocycles. The predicted octanol–water partition coefficient (Wildman–Crippen LogP) is 3.58. The summed E-state index contributed by atoms with van der Waals surface area (Å²) in [6, 6.07) is 7.37. The number of para-hydroxylation sites is 1. The smallest absolute Gasteiger partial charge is 0.328 e. The van der Waals surface area contributed by atoms with Crippen LogP contribution >= 0.6 is 0 Å². The van der Waals surface area contributed by atoms with Crippen molar-refractivity contribution in [2.24, 2.45) is 23.2 Å². The molecule has 28 heavy (non-hydrogen) atoms. The molecule has 0 spiro atoms. The van der Waals surface area contributed by atoms with Crippen molar-refractivity contribution in [2.45, 2.75) is 51.0 Å². The fourth-order valence-electron chi connectivity index (χ4n) is 6.56. The van der Waals surface area contributed by atoms with Crippen LogP contribution < -0.4 is 5.32 Å². The minimum atomic E-state index is -0.648. The van der Waals surface area contributed by atoms with E-state index < -0.39 is 6.04 Å². The van der Waals surface area contributed by atoms with Gasteiger partial charge in [-0.05, 0) is 67.9 Å². The van der Waals surface area contributed by atoms with Gasteiger partial charge < -0.3 is 15.0 Å². The number of fused-ring (bicyclic) bond motifs is 1. The van der Waals surface area contributed by atoms with E-state index in [-0.39, 0.29) is 17.3 Å². The second-order valence-corrected chi connectivity index (χ2v) is 9.31. The van der Waals surface area contributed by atoms with E-state index in [9.17, 15) is 9.59 Å². The average molecular weight is 380 g/mol. The molecule has 4 saturated carbocycles. The van der Waals surface area contributed by atoms with Crippen molar-refractivity contribution < 1.29 is 14.3 Å². The van der Waals surface area contributed by atoms with Gasteiger partial charge in [-0.3, -0.25) is 4.79 Å². The lowest BCUT2D eigenvalue weighted by Crippen LogP contribution is -2.56. The van der Waals surface area contributed by atoms with Gasteiger partial charge in [0.2, 0.25) is 5.91 Å². The van der Waals surface area contributed by atoms with E-state index in [0.29, 0.717) is 24.2 Å². The number of H-pyrrole nitrogens is 1. The van der Waals surface area contributed by atoms with Gasteiger partial charge in [-0.15, -0.1) is 0 Å². The van der Waals surface area contributed by atoms with Gasteiger partial charge in [-0.1, -0.05) is 18.2 Å². The van der Waals surface area contributed by atoms with Crippen LogP contribution in [0.4, 0.5) is 0 Å². The highest BCUT2D eigenvalue weighted by Crippen LogP contribution is 2.60. The molecular weight excluding hydrogens is 352 g/mol. The third-order valence-corrected chi connectivity index (χ3v) is 7.41. The summed E-state index contributed by atoms with van der Waals surface area (Å²) in [7, 11) is 1.39. The maximum Gasteiger partial charge on any atom is 0.328 e. The fraction of sp³-hybridized carbons (Fsp3) is 0.565. The molecule has 1 amide bonds. The highest BCUT2D eigenvalue weighted by Gasteiger charge is 2.55. The Hall–Kier alpha value is -2.30. The van der Waals surface area contributed by atoms with Crippen LogP contribution in [0.15, 0.2) is 30.5 Å². The molecule has 148 valence electrons. The molecule has 1 atom stereocenters. The Morgan fingerprint density at radius 1 is 1.14 bits per heavy atom. The number of benzene rings is 1. The van der Waals surface area contributed by atoms with Crippen molar-refractivity contribution in [1.29, 1.82) is 0 Å². The molecule has 2 N–H and O–H groups in total. The number of aromatic amines is 1. The van der Waals surface area contributed by atoms with Gasteiger partial charge in [0.15, 0.2) is 0 Å². The normalized spacial score (nSPS) is 31.7. The molecule has 5 heteroatoms. The molecule has 0 aliphatic heterocycles. The zero-order chi connectivity index (χ0) is 19.3. The predicted molar refractivity (Wildman–Crippen MR) is 107 cm³/mol. The van der Waals surface area contributed by atoms with E-state index in [4.69, 9.17) is 4.74 Å². The Bertz CT molecular complexity index is 880. The Morgan fingerprint density at radius 2 is 1.79 bits per heavy atom. The summed E-state index contributed by atoms with van der Waals surface area (Å²) >= 11 is 0. The lowest BCUT2D eigenvalue weighted by molar-refractivity contribution is -0.152. The lowest BCUT2D eigenvalue weighted by atomic mass is 9.49. The largest absolute Gasteiger partial charge is 0.467 e. The first-order chi connectivity index (χ1) is 13.6. The van der Waals surface area contributed by atoms with Gasteiger partial charge in [0, 0.05) is 28.9 Å². The van der Waals surface area contributed by atoms with Crippen molar-refractivity contribution in [3.63, 3.8) is 0 Å². The van der Waals surface area contributed by atoms with Gasteiger partial charge in [-0.2, -0.15) is 0 Å². The number of methoxy groups -OCH3 is 1. The number of hydrogen-bond acceptors (Lipinski definition) is 3. The number of esters is 1. The van der Waals surface area contributed by atoms with Crippen LogP contribution in [0.5, 0.6) is 0 Å². The molecule has 0 radical (unpaired) electrons. The summed E-state index contributed by atoms with van der Waals surface area (Å²) in [5, 5.41) is 4.18. The Balaban J connectivity index is 1.37. The average Bonchev–Trinajstić information content (AvgIpc) is 3.09. The van der Waals surface area contributed by atoms with Gasteiger partial charge >= 0.3 is 5.97 Å². The van der Waals surface area contributed by atoms with Gasteiger partial charge in [-0.25, -0.2) is 4.79 Å². The highest BCUT2D eigenvalue weighted by atomic mass is 16.5. The van der Waals surface area contributed by atoms with E-state index in [1.807, 2.05) is 30.5 Å². The maximum absolute atomic E-state index is 13.4. The van der Waals surface area contributed by atoms with Crippen molar-refractivity contribution in [1.82, 2.24) is 10.3 Å². The first-order valence-electron chi connectivity index (χ1n) is 10.5. The Labute approximate surface area is 165 Å². The molecule has 4 fully saturated rings. The van der Waals surface area contributed by atoms with E-state index >= 15 is 0 Å². The van der Waals surface area contributed by atoms with E-state index in [0.717, 1.165) is 35.7 Å². The molecule has 6 rings (SSSR count). The van der Waals surface area contributed by atoms with Gasteiger partial charge in [0.05, 0.1) is 7.11 Å². The highest BCUT2D eigenvalue weighted by molar-refractivity contribution is 5.89. The van der Waals surface area contributed by atoms with Gasteiger partial charge in [0.25, 0.3) is 0 Å². The molecule has 4 aliphatic rings.